The maximum Gasteiger partial charge on any atom is 0.248 e. The summed E-state index contributed by atoms with van der Waals surface area (Å²) in [6.07, 6.45) is 1.92. The molecule has 20 heavy (non-hydrogen) atoms. The zero-order valence-corrected chi connectivity index (χ0v) is 10.7. The van der Waals surface area contributed by atoms with Crippen LogP contribution in [-0.2, 0) is 6.54 Å². The van der Waals surface area contributed by atoms with Crippen LogP contribution >= 0.6 is 0 Å². The van der Waals surface area contributed by atoms with Gasteiger partial charge in [0.05, 0.1) is 0 Å². The van der Waals surface area contributed by atoms with E-state index in [9.17, 15) is 9.18 Å². The normalized spacial score (nSPS) is 10.8. The molecular formula is C16H13FN2O. The Balaban J connectivity index is 1.91. The Hall–Kier alpha value is -2.62. The van der Waals surface area contributed by atoms with Crippen molar-refractivity contribution in [3.8, 4) is 0 Å². The van der Waals surface area contributed by atoms with Crippen LogP contribution in [0.1, 0.15) is 15.9 Å². The number of carbonyl (C=O) groups excluding carboxylic acids is 1. The molecule has 3 nitrogen and oxygen atoms in total. The molecule has 0 aliphatic rings. The fourth-order valence-corrected chi connectivity index (χ4v) is 2.28. The van der Waals surface area contributed by atoms with Crippen molar-refractivity contribution in [2.24, 2.45) is 5.73 Å². The summed E-state index contributed by atoms with van der Waals surface area (Å²) in [7, 11) is 0. The van der Waals surface area contributed by atoms with Crippen molar-refractivity contribution in [3.63, 3.8) is 0 Å². The molecule has 0 radical (unpaired) electrons. The quantitative estimate of drug-likeness (QED) is 0.780. The Bertz CT molecular complexity index is 775. The van der Waals surface area contributed by atoms with E-state index in [0.717, 1.165) is 16.5 Å². The standard InChI is InChI=1S/C16H13FN2O/c17-14-5-6-15-13(9-14)7-8-19(15)10-11-1-3-12(4-2-11)16(18)20/h1-9H,10H2,(H2,18,20). The van der Waals surface area contributed by atoms with E-state index in [1.54, 1.807) is 18.2 Å². The number of nitrogens with two attached hydrogens (primary N) is 1. The predicted octanol–water partition coefficient (Wildman–Crippen LogP) is 2.93. The minimum atomic E-state index is -0.432. The average molecular weight is 268 g/mol. The lowest BCUT2D eigenvalue weighted by Gasteiger charge is -2.06. The van der Waals surface area contributed by atoms with E-state index in [-0.39, 0.29) is 5.82 Å². The highest BCUT2D eigenvalue weighted by molar-refractivity contribution is 5.92. The Kier molecular flexibility index (Phi) is 2.99. The molecule has 2 aromatic carbocycles. The van der Waals surface area contributed by atoms with Crippen LogP contribution in [0.5, 0.6) is 0 Å². The zero-order chi connectivity index (χ0) is 14.1. The fraction of sp³-hybridized carbons (Fsp3) is 0.0625. The van der Waals surface area contributed by atoms with Crippen LogP contribution in [0, 0.1) is 5.82 Å². The van der Waals surface area contributed by atoms with Crippen molar-refractivity contribution in [2.75, 3.05) is 0 Å². The zero-order valence-electron chi connectivity index (χ0n) is 10.7. The number of primary amides is 1. The third-order valence-electron chi connectivity index (χ3n) is 3.32. The molecule has 3 aromatic rings. The molecule has 3 rings (SSSR count). The van der Waals surface area contributed by atoms with Gasteiger partial charge in [-0.1, -0.05) is 12.1 Å². The van der Waals surface area contributed by atoms with Gasteiger partial charge in [0.1, 0.15) is 5.82 Å². The Morgan fingerprint density at radius 3 is 2.55 bits per heavy atom. The molecule has 1 aromatic heterocycles. The van der Waals surface area contributed by atoms with Crippen LogP contribution in [0.4, 0.5) is 4.39 Å². The van der Waals surface area contributed by atoms with Crippen LogP contribution in [0.2, 0.25) is 0 Å². The molecule has 0 fully saturated rings. The Labute approximate surface area is 115 Å². The van der Waals surface area contributed by atoms with Crippen molar-refractivity contribution >= 4 is 16.8 Å². The highest BCUT2D eigenvalue weighted by Gasteiger charge is 2.04. The highest BCUT2D eigenvalue weighted by Crippen LogP contribution is 2.18. The number of benzene rings is 2. The second kappa shape index (κ2) is 4.81. The van der Waals surface area contributed by atoms with Gasteiger partial charge in [-0.05, 0) is 42.0 Å². The van der Waals surface area contributed by atoms with Crippen molar-refractivity contribution in [2.45, 2.75) is 6.54 Å². The number of amides is 1. The molecule has 2 N–H and O–H groups in total. The minimum absolute atomic E-state index is 0.235. The summed E-state index contributed by atoms with van der Waals surface area (Å²) in [5.74, 6) is -0.667. The molecule has 4 heteroatoms. The lowest BCUT2D eigenvalue weighted by atomic mass is 10.1. The first-order valence-corrected chi connectivity index (χ1v) is 6.26. The van der Waals surface area contributed by atoms with Gasteiger partial charge >= 0.3 is 0 Å². The third kappa shape index (κ3) is 2.28. The molecule has 0 aliphatic carbocycles. The number of fused-ring (bicyclic) bond motifs is 1. The van der Waals surface area contributed by atoms with Gasteiger partial charge in [-0.15, -0.1) is 0 Å². The molecule has 0 spiro atoms. The van der Waals surface area contributed by atoms with Gasteiger partial charge in [-0.25, -0.2) is 4.39 Å². The first kappa shape index (κ1) is 12.4. The van der Waals surface area contributed by atoms with E-state index in [2.05, 4.69) is 0 Å². The maximum atomic E-state index is 13.1. The number of carbonyl (C=O) groups is 1. The number of hydrogen-bond donors (Lipinski definition) is 1. The van der Waals surface area contributed by atoms with E-state index in [1.165, 1.54) is 12.1 Å². The topological polar surface area (TPSA) is 48.0 Å². The Morgan fingerprint density at radius 1 is 1.10 bits per heavy atom. The molecule has 0 saturated carbocycles. The second-order valence-corrected chi connectivity index (χ2v) is 4.71. The Morgan fingerprint density at radius 2 is 1.85 bits per heavy atom. The minimum Gasteiger partial charge on any atom is -0.366 e. The number of nitrogens with zero attached hydrogens (tertiary/aromatic N) is 1. The van der Waals surface area contributed by atoms with Crippen molar-refractivity contribution in [3.05, 3.63) is 71.7 Å². The first-order valence-electron chi connectivity index (χ1n) is 6.26. The molecule has 0 unspecified atom stereocenters. The van der Waals surface area contributed by atoms with E-state index < -0.39 is 5.91 Å². The largest absolute Gasteiger partial charge is 0.366 e. The second-order valence-electron chi connectivity index (χ2n) is 4.71. The number of rotatable bonds is 3. The maximum absolute atomic E-state index is 13.1. The molecule has 0 bridgehead atoms. The van der Waals surface area contributed by atoms with Gasteiger partial charge in [0, 0.05) is 29.2 Å². The lowest BCUT2D eigenvalue weighted by Crippen LogP contribution is -2.10. The summed E-state index contributed by atoms with van der Waals surface area (Å²) in [4.78, 5) is 11.0. The fourth-order valence-electron chi connectivity index (χ4n) is 2.28. The van der Waals surface area contributed by atoms with E-state index >= 15 is 0 Å². The number of halogens is 1. The summed E-state index contributed by atoms with van der Waals surface area (Å²) < 4.78 is 15.2. The van der Waals surface area contributed by atoms with Crippen molar-refractivity contribution in [1.82, 2.24) is 4.57 Å². The SMILES string of the molecule is NC(=O)c1ccc(Cn2ccc3cc(F)ccc32)cc1. The van der Waals surface area contributed by atoms with Crippen molar-refractivity contribution in [1.29, 1.82) is 0 Å². The average Bonchev–Trinajstić information content (AvgIpc) is 2.81. The number of aromatic nitrogens is 1. The summed E-state index contributed by atoms with van der Waals surface area (Å²) >= 11 is 0. The van der Waals surface area contributed by atoms with Gasteiger partial charge in [-0.2, -0.15) is 0 Å². The van der Waals surface area contributed by atoms with E-state index in [1.807, 2.05) is 29.0 Å². The number of hydrogen-bond acceptors (Lipinski definition) is 1. The summed E-state index contributed by atoms with van der Waals surface area (Å²) in [6.45, 7) is 0.661. The molecule has 100 valence electrons. The molecule has 0 saturated heterocycles. The molecular weight excluding hydrogens is 255 g/mol. The molecule has 0 atom stereocenters. The smallest absolute Gasteiger partial charge is 0.248 e. The molecule has 0 aliphatic heterocycles. The van der Waals surface area contributed by atoms with Gasteiger partial charge in [-0.3, -0.25) is 4.79 Å². The van der Waals surface area contributed by atoms with Crippen LogP contribution in [0.3, 0.4) is 0 Å². The first-order chi connectivity index (χ1) is 9.63. The van der Waals surface area contributed by atoms with Gasteiger partial charge in [0.15, 0.2) is 0 Å². The monoisotopic (exact) mass is 268 g/mol. The molecule has 1 heterocycles. The van der Waals surface area contributed by atoms with Gasteiger partial charge in [0.2, 0.25) is 5.91 Å². The van der Waals surface area contributed by atoms with Crippen LogP contribution < -0.4 is 5.73 Å². The third-order valence-corrected chi connectivity index (χ3v) is 3.32. The van der Waals surface area contributed by atoms with E-state index in [0.29, 0.717) is 12.1 Å². The van der Waals surface area contributed by atoms with Crippen LogP contribution in [0.15, 0.2) is 54.7 Å². The summed E-state index contributed by atoms with van der Waals surface area (Å²) in [5, 5.41) is 0.874. The highest BCUT2D eigenvalue weighted by atomic mass is 19.1. The summed E-state index contributed by atoms with van der Waals surface area (Å²) in [5.41, 5.74) is 7.73. The van der Waals surface area contributed by atoms with Crippen molar-refractivity contribution < 1.29 is 9.18 Å². The van der Waals surface area contributed by atoms with Gasteiger partial charge < -0.3 is 10.3 Å². The van der Waals surface area contributed by atoms with Gasteiger partial charge in [0.25, 0.3) is 0 Å². The molecule has 1 amide bonds. The lowest BCUT2D eigenvalue weighted by molar-refractivity contribution is 0.100. The summed E-state index contributed by atoms with van der Waals surface area (Å²) in [6, 6.07) is 13.8. The predicted molar refractivity (Wildman–Crippen MR) is 76.0 cm³/mol. The van der Waals surface area contributed by atoms with Crippen LogP contribution in [-0.4, -0.2) is 10.5 Å². The van der Waals surface area contributed by atoms with E-state index in [4.69, 9.17) is 5.73 Å². The van der Waals surface area contributed by atoms with Crippen LogP contribution in [0.25, 0.3) is 10.9 Å².